The average molecular weight is 461 g/mol. The van der Waals surface area contributed by atoms with Crippen molar-refractivity contribution in [3.05, 3.63) is 29.8 Å². The topological polar surface area (TPSA) is 93.6 Å². The van der Waals surface area contributed by atoms with Crippen LogP contribution in [0.15, 0.2) is 29.2 Å². The van der Waals surface area contributed by atoms with E-state index >= 15 is 0 Å². The lowest BCUT2D eigenvalue weighted by Crippen LogP contribution is -2.42. The SMILES string of the molecule is N=C1N(C2CCCCC2)CCN1S(=O)(=O)c1ccc(CCNC(=O)CCC2CCC2)cc1. The van der Waals surface area contributed by atoms with Gasteiger partial charge in [0.1, 0.15) is 0 Å². The quantitative estimate of drug-likeness (QED) is 0.590. The van der Waals surface area contributed by atoms with Crippen molar-refractivity contribution >= 4 is 21.9 Å². The van der Waals surface area contributed by atoms with E-state index in [4.69, 9.17) is 5.41 Å². The molecule has 4 rings (SSSR count). The van der Waals surface area contributed by atoms with E-state index in [1.54, 1.807) is 12.1 Å². The Balaban J connectivity index is 1.27. The average Bonchev–Trinajstić information content (AvgIpc) is 3.16. The Bertz CT molecular complexity index is 906. The summed E-state index contributed by atoms with van der Waals surface area (Å²) in [7, 11) is -3.73. The van der Waals surface area contributed by atoms with E-state index in [1.807, 2.05) is 17.0 Å². The molecule has 3 fully saturated rings. The summed E-state index contributed by atoms with van der Waals surface area (Å²) in [5, 5.41) is 11.5. The number of sulfonamides is 1. The minimum Gasteiger partial charge on any atom is -0.356 e. The summed E-state index contributed by atoms with van der Waals surface area (Å²) in [4.78, 5) is 14.2. The minimum absolute atomic E-state index is 0.103. The van der Waals surface area contributed by atoms with Crippen molar-refractivity contribution in [2.24, 2.45) is 5.92 Å². The highest BCUT2D eigenvalue weighted by atomic mass is 32.2. The van der Waals surface area contributed by atoms with Gasteiger partial charge in [0.2, 0.25) is 11.9 Å². The van der Waals surface area contributed by atoms with Gasteiger partial charge in [-0.3, -0.25) is 10.2 Å². The number of benzene rings is 1. The van der Waals surface area contributed by atoms with Crippen molar-refractivity contribution in [2.45, 2.75) is 81.6 Å². The molecule has 2 saturated carbocycles. The van der Waals surface area contributed by atoms with E-state index in [0.717, 1.165) is 43.6 Å². The standard InChI is InChI=1S/C24H36N4O3S/c25-24-27(21-7-2-1-3-8-21)17-18-28(24)32(30,31)22-12-9-20(10-13-22)15-16-26-23(29)14-11-19-5-4-6-19/h9-10,12-13,19,21,25H,1-8,11,14-18H2,(H,26,29). The Labute approximate surface area is 192 Å². The molecule has 2 aliphatic carbocycles. The maximum absolute atomic E-state index is 13.1. The lowest BCUT2D eigenvalue weighted by Gasteiger charge is -2.32. The fourth-order valence-corrected chi connectivity index (χ4v) is 6.43. The van der Waals surface area contributed by atoms with Crippen molar-refractivity contribution < 1.29 is 13.2 Å². The van der Waals surface area contributed by atoms with E-state index in [-0.39, 0.29) is 16.8 Å². The second-order valence-corrected chi connectivity index (χ2v) is 11.3. The molecule has 2 N–H and O–H groups in total. The fourth-order valence-electron chi connectivity index (χ4n) is 5.04. The number of hydrogen-bond acceptors (Lipinski definition) is 4. The van der Waals surface area contributed by atoms with Crippen LogP contribution in [-0.2, 0) is 21.2 Å². The molecule has 1 aromatic rings. The van der Waals surface area contributed by atoms with Gasteiger partial charge in [0, 0.05) is 25.6 Å². The molecule has 0 aromatic heterocycles. The second kappa shape index (κ2) is 10.2. The van der Waals surface area contributed by atoms with Crippen molar-refractivity contribution in [2.75, 3.05) is 19.6 Å². The van der Waals surface area contributed by atoms with Crippen molar-refractivity contribution in [1.29, 1.82) is 5.41 Å². The summed E-state index contributed by atoms with van der Waals surface area (Å²) >= 11 is 0. The molecule has 0 unspecified atom stereocenters. The molecule has 1 saturated heterocycles. The van der Waals surface area contributed by atoms with Crippen LogP contribution in [-0.4, -0.2) is 55.2 Å². The van der Waals surface area contributed by atoms with E-state index in [2.05, 4.69) is 5.32 Å². The number of carbonyl (C=O) groups excluding carboxylic acids is 1. The van der Waals surface area contributed by atoms with E-state index in [0.29, 0.717) is 38.5 Å². The molecule has 1 amide bonds. The van der Waals surface area contributed by atoms with Gasteiger partial charge in [-0.2, -0.15) is 0 Å². The summed E-state index contributed by atoms with van der Waals surface area (Å²) in [6, 6.07) is 7.17. The molecule has 1 aromatic carbocycles. The molecule has 176 valence electrons. The Morgan fingerprint density at radius 1 is 1.00 bits per heavy atom. The largest absolute Gasteiger partial charge is 0.356 e. The van der Waals surface area contributed by atoms with Crippen LogP contribution in [0.2, 0.25) is 0 Å². The van der Waals surface area contributed by atoms with Crippen LogP contribution < -0.4 is 5.32 Å². The Morgan fingerprint density at radius 3 is 2.38 bits per heavy atom. The predicted octanol–water partition coefficient (Wildman–Crippen LogP) is 3.50. The van der Waals surface area contributed by atoms with Gasteiger partial charge in [0.15, 0.2) is 0 Å². The molecule has 32 heavy (non-hydrogen) atoms. The van der Waals surface area contributed by atoms with Crippen molar-refractivity contribution in [3.63, 3.8) is 0 Å². The smallest absolute Gasteiger partial charge is 0.266 e. The first-order valence-electron chi connectivity index (χ1n) is 12.2. The third-order valence-corrected chi connectivity index (χ3v) is 9.12. The van der Waals surface area contributed by atoms with E-state index in [9.17, 15) is 13.2 Å². The highest BCUT2D eigenvalue weighted by molar-refractivity contribution is 7.89. The normalized spacial score (nSPS) is 20.4. The predicted molar refractivity (Wildman–Crippen MR) is 125 cm³/mol. The molecule has 0 atom stereocenters. The highest BCUT2D eigenvalue weighted by Gasteiger charge is 2.38. The molecule has 0 spiro atoms. The van der Waals surface area contributed by atoms with Crippen molar-refractivity contribution in [3.8, 4) is 0 Å². The second-order valence-electron chi connectivity index (χ2n) is 9.47. The Morgan fingerprint density at radius 2 is 1.72 bits per heavy atom. The first kappa shape index (κ1) is 23.1. The molecule has 1 aliphatic heterocycles. The van der Waals surface area contributed by atoms with Gasteiger partial charge < -0.3 is 10.2 Å². The molecular formula is C24H36N4O3S. The zero-order valence-corrected chi connectivity index (χ0v) is 19.7. The van der Waals surface area contributed by atoms with Gasteiger partial charge in [-0.1, -0.05) is 50.7 Å². The lowest BCUT2D eigenvalue weighted by molar-refractivity contribution is -0.121. The minimum atomic E-state index is -3.73. The number of amides is 1. The number of nitrogens with one attached hydrogen (secondary N) is 2. The van der Waals surface area contributed by atoms with Crippen LogP contribution >= 0.6 is 0 Å². The van der Waals surface area contributed by atoms with Crippen molar-refractivity contribution in [1.82, 2.24) is 14.5 Å². The maximum Gasteiger partial charge on any atom is 0.266 e. The molecule has 7 nitrogen and oxygen atoms in total. The third-order valence-electron chi connectivity index (χ3n) is 7.32. The summed E-state index contributed by atoms with van der Waals surface area (Å²) in [6.07, 6.45) is 11.7. The van der Waals surface area contributed by atoms with Gasteiger partial charge in [0.05, 0.1) is 11.4 Å². The summed E-state index contributed by atoms with van der Waals surface area (Å²) in [6.45, 7) is 1.50. The summed E-state index contributed by atoms with van der Waals surface area (Å²) in [5.41, 5.74) is 0.989. The number of hydrogen-bond donors (Lipinski definition) is 2. The number of guanidine groups is 1. The Hall–Kier alpha value is -2.09. The highest BCUT2D eigenvalue weighted by Crippen LogP contribution is 2.30. The first-order chi connectivity index (χ1) is 15.4. The molecule has 3 aliphatic rings. The van der Waals surface area contributed by atoms with Crippen LogP contribution in [0, 0.1) is 11.3 Å². The lowest BCUT2D eigenvalue weighted by atomic mass is 9.82. The Kier molecular flexibility index (Phi) is 7.38. The molecule has 8 heteroatoms. The number of nitrogens with zero attached hydrogens (tertiary/aromatic N) is 2. The van der Waals surface area contributed by atoms with Crippen LogP contribution in [0.3, 0.4) is 0 Å². The first-order valence-corrected chi connectivity index (χ1v) is 13.6. The van der Waals surface area contributed by atoms with Gasteiger partial charge in [-0.05, 0) is 49.3 Å². The molecule has 1 heterocycles. The van der Waals surface area contributed by atoms with E-state index in [1.165, 1.54) is 30.0 Å². The molecular weight excluding hydrogens is 424 g/mol. The summed E-state index contributed by atoms with van der Waals surface area (Å²) in [5.74, 6) is 0.957. The zero-order chi connectivity index (χ0) is 22.6. The maximum atomic E-state index is 13.1. The van der Waals surface area contributed by atoms with E-state index < -0.39 is 10.0 Å². The van der Waals surface area contributed by atoms with Gasteiger partial charge >= 0.3 is 0 Å². The van der Waals surface area contributed by atoms with Gasteiger partial charge in [0.25, 0.3) is 10.0 Å². The third kappa shape index (κ3) is 5.27. The monoisotopic (exact) mass is 460 g/mol. The molecule has 0 radical (unpaired) electrons. The number of carbonyl (C=O) groups is 1. The van der Waals surface area contributed by atoms with Gasteiger partial charge in [-0.25, -0.2) is 12.7 Å². The van der Waals surface area contributed by atoms with Crippen LogP contribution in [0.4, 0.5) is 0 Å². The number of rotatable bonds is 9. The summed E-state index contributed by atoms with van der Waals surface area (Å²) < 4.78 is 27.5. The zero-order valence-electron chi connectivity index (χ0n) is 18.9. The fraction of sp³-hybridized carbons (Fsp3) is 0.667. The van der Waals surface area contributed by atoms with Crippen LogP contribution in [0.25, 0.3) is 0 Å². The van der Waals surface area contributed by atoms with Crippen LogP contribution in [0.5, 0.6) is 0 Å². The van der Waals surface area contributed by atoms with Crippen LogP contribution in [0.1, 0.15) is 69.8 Å². The molecule has 0 bridgehead atoms. The van der Waals surface area contributed by atoms with Gasteiger partial charge in [-0.15, -0.1) is 0 Å².